The second-order valence-electron chi connectivity index (χ2n) is 6.20. The molecule has 2 aromatic heterocycles. The van der Waals surface area contributed by atoms with Gasteiger partial charge in [-0.1, -0.05) is 0 Å². The summed E-state index contributed by atoms with van der Waals surface area (Å²) < 4.78 is 6.82. The van der Waals surface area contributed by atoms with Gasteiger partial charge in [-0.2, -0.15) is 5.10 Å². The van der Waals surface area contributed by atoms with Crippen molar-refractivity contribution >= 4 is 28.2 Å². The number of carbonyl (C=O) groups excluding carboxylic acids is 2. The molecule has 1 amide bonds. The number of nitrogens with zero attached hydrogens (tertiary/aromatic N) is 3. The predicted octanol–water partition coefficient (Wildman–Crippen LogP) is 2.21. The average Bonchev–Trinajstić information content (AvgIpc) is 3.06. The zero-order chi connectivity index (χ0) is 18.1. The maximum atomic E-state index is 12.6. The number of amides is 1. The molecule has 2 aromatic rings. The molecule has 0 unspecified atom stereocenters. The SMILES string of the molecule is CCOC(=O)c1c(NC(=O)c2nn(C)cc2C)sc2c1CCN(C)C2. The van der Waals surface area contributed by atoms with E-state index in [-0.39, 0.29) is 11.9 Å². The molecule has 0 radical (unpaired) electrons. The van der Waals surface area contributed by atoms with E-state index >= 15 is 0 Å². The highest BCUT2D eigenvalue weighted by atomic mass is 32.1. The van der Waals surface area contributed by atoms with Crippen LogP contribution in [0, 0.1) is 6.92 Å². The molecule has 8 heteroatoms. The normalized spacial score (nSPS) is 14.2. The molecule has 1 aliphatic heterocycles. The van der Waals surface area contributed by atoms with Crippen LogP contribution in [0.2, 0.25) is 0 Å². The van der Waals surface area contributed by atoms with Crippen LogP contribution in [0.15, 0.2) is 6.20 Å². The third-order valence-electron chi connectivity index (χ3n) is 4.18. The lowest BCUT2D eigenvalue weighted by atomic mass is 10.0. The molecule has 1 N–H and O–H groups in total. The van der Waals surface area contributed by atoms with E-state index in [4.69, 9.17) is 4.74 Å². The predicted molar refractivity (Wildman–Crippen MR) is 96.2 cm³/mol. The number of aryl methyl sites for hydroxylation is 2. The highest BCUT2D eigenvalue weighted by Gasteiger charge is 2.29. The summed E-state index contributed by atoms with van der Waals surface area (Å²) in [6.45, 7) is 5.56. The van der Waals surface area contributed by atoms with Crippen molar-refractivity contribution in [2.75, 3.05) is 25.5 Å². The van der Waals surface area contributed by atoms with Gasteiger partial charge in [-0.3, -0.25) is 9.48 Å². The van der Waals surface area contributed by atoms with Gasteiger partial charge >= 0.3 is 5.97 Å². The molecule has 0 aliphatic carbocycles. The minimum Gasteiger partial charge on any atom is -0.462 e. The van der Waals surface area contributed by atoms with Gasteiger partial charge in [0.05, 0.1) is 12.2 Å². The number of anilines is 1. The van der Waals surface area contributed by atoms with Crippen molar-refractivity contribution in [3.63, 3.8) is 0 Å². The van der Waals surface area contributed by atoms with Gasteiger partial charge in [0, 0.05) is 36.8 Å². The Morgan fingerprint density at radius 3 is 2.80 bits per heavy atom. The van der Waals surface area contributed by atoms with Crippen molar-refractivity contribution in [3.05, 3.63) is 33.5 Å². The highest BCUT2D eigenvalue weighted by Crippen LogP contribution is 2.37. The number of thiophene rings is 1. The number of esters is 1. The molecule has 0 saturated heterocycles. The molecule has 0 bridgehead atoms. The van der Waals surface area contributed by atoms with E-state index < -0.39 is 0 Å². The summed E-state index contributed by atoms with van der Waals surface area (Å²) in [7, 11) is 3.82. The van der Waals surface area contributed by atoms with Crippen LogP contribution >= 0.6 is 11.3 Å². The molecule has 0 spiro atoms. The maximum absolute atomic E-state index is 12.6. The van der Waals surface area contributed by atoms with Gasteiger partial charge in [0.15, 0.2) is 5.69 Å². The molecule has 3 rings (SSSR count). The van der Waals surface area contributed by atoms with Crippen LogP contribution < -0.4 is 5.32 Å². The summed E-state index contributed by atoms with van der Waals surface area (Å²) in [6.07, 6.45) is 2.56. The van der Waals surface area contributed by atoms with E-state index in [2.05, 4.69) is 15.3 Å². The number of ether oxygens (including phenoxy) is 1. The molecule has 0 saturated carbocycles. The van der Waals surface area contributed by atoms with Crippen molar-refractivity contribution < 1.29 is 14.3 Å². The third kappa shape index (κ3) is 3.45. The topological polar surface area (TPSA) is 76.5 Å². The average molecular weight is 362 g/mol. The van der Waals surface area contributed by atoms with E-state index in [1.54, 1.807) is 24.9 Å². The molecular weight excluding hydrogens is 340 g/mol. The lowest BCUT2D eigenvalue weighted by Crippen LogP contribution is -2.26. The lowest BCUT2D eigenvalue weighted by Gasteiger charge is -2.22. The lowest BCUT2D eigenvalue weighted by molar-refractivity contribution is 0.0526. The second kappa shape index (κ2) is 6.97. The number of fused-ring (bicyclic) bond motifs is 1. The first-order chi connectivity index (χ1) is 11.9. The molecule has 3 heterocycles. The molecule has 134 valence electrons. The van der Waals surface area contributed by atoms with Gasteiger partial charge in [0.25, 0.3) is 5.91 Å². The van der Waals surface area contributed by atoms with Crippen LogP contribution in [0.1, 0.15) is 43.8 Å². The van der Waals surface area contributed by atoms with Gasteiger partial charge in [0.1, 0.15) is 5.00 Å². The van der Waals surface area contributed by atoms with E-state index in [0.717, 1.165) is 35.5 Å². The Kier molecular flexibility index (Phi) is 4.91. The Hall–Kier alpha value is -2.19. The number of carbonyl (C=O) groups is 2. The number of hydrogen-bond acceptors (Lipinski definition) is 6. The molecule has 7 nitrogen and oxygen atoms in total. The summed E-state index contributed by atoms with van der Waals surface area (Å²) in [6, 6.07) is 0. The molecule has 0 aromatic carbocycles. The first kappa shape index (κ1) is 17.6. The largest absolute Gasteiger partial charge is 0.462 e. The van der Waals surface area contributed by atoms with Crippen LogP contribution in [0.25, 0.3) is 0 Å². The highest BCUT2D eigenvalue weighted by molar-refractivity contribution is 7.17. The fraction of sp³-hybridized carbons (Fsp3) is 0.471. The van der Waals surface area contributed by atoms with Crippen LogP contribution in [0.4, 0.5) is 5.00 Å². The Balaban J connectivity index is 1.96. The van der Waals surface area contributed by atoms with Gasteiger partial charge in [0.2, 0.25) is 0 Å². The number of aromatic nitrogens is 2. The molecule has 0 atom stereocenters. The summed E-state index contributed by atoms with van der Waals surface area (Å²) in [5, 5.41) is 7.62. The second-order valence-corrected chi connectivity index (χ2v) is 7.31. The van der Waals surface area contributed by atoms with E-state index in [1.807, 2.05) is 14.0 Å². The van der Waals surface area contributed by atoms with Gasteiger partial charge in [-0.05, 0) is 32.9 Å². The smallest absolute Gasteiger partial charge is 0.341 e. The Labute approximate surface area is 150 Å². The van der Waals surface area contributed by atoms with Crippen LogP contribution in [-0.2, 0) is 24.8 Å². The molecule has 25 heavy (non-hydrogen) atoms. The minimum absolute atomic E-state index is 0.302. The van der Waals surface area contributed by atoms with Crippen LogP contribution in [-0.4, -0.2) is 46.8 Å². The maximum Gasteiger partial charge on any atom is 0.341 e. The van der Waals surface area contributed by atoms with Crippen molar-refractivity contribution in [3.8, 4) is 0 Å². The first-order valence-electron chi connectivity index (χ1n) is 8.22. The fourth-order valence-corrected chi connectivity index (χ4v) is 4.34. The first-order valence-corrected chi connectivity index (χ1v) is 9.04. The fourth-order valence-electron chi connectivity index (χ4n) is 3.03. The Morgan fingerprint density at radius 1 is 1.40 bits per heavy atom. The number of likely N-dealkylation sites (N-methyl/N-ethyl adjacent to an activating group) is 1. The van der Waals surface area contributed by atoms with E-state index in [0.29, 0.717) is 22.9 Å². The molecular formula is C17H22N4O3S. The summed E-state index contributed by atoms with van der Waals surface area (Å²) in [4.78, 5) is 28.4. The molecule has 0 fully saturated rings. The quantitative estimate of drug-likeness (QED) is 0.844. The zero-order valence-corrected chi connectivity index (χ0v) is 15.7. The monoisotopic (exact) mass is 362 g/mol. The van der Waals surface area contributed by atoms with Crippen molar-refractivity contribution in [2.24, 2.45) is 7.05 Å². The third-order valence-corrected chi connectivity index (χ3v) is 5.31. The van der Waals surface area contributed by atoms with Crippen LogP contribution in [0.3, 0.4) is 0 Å². The van der Waals surface area contributed by atoms with Gasteiger partial charge in [-0.25, -0.2) is 4.79 Å². The number of nitrogens with one attached hydrogen (secondary N) is 1. The Morgan fingerprint density at radius 2 is 2.16 bits per heavy atom. The number of rotatable bonds is 4. The number of hydrogen-bond donors (Lipinski definition) is 1. The van der Waals surface area contributed by atoms with Crippen molar-refractivity contribution in [1.82, 2.24) is 14.7 Å². The van der Waals surface area contributed by atoms with Gasteiger partial charge < -0.3 is 15.0 Å². The van der Waals surface area contributed by atoms with E-state index in [1.165, 1.54) is 11.3 Å². The van der Waals surface area contributed by atoms with Crippen molar-refractivity contribution in [2.45, 2.75) is 26.8 Å². The van der Waals surface area contributed by atoms with Gasteiger partial charge in [-0.15, -0.1) is 11.3 Å². The Bertz CT molecular complexity index is 824. The van der Waals surface area contributed by atoms with E-state index in [9.17, 15) is 9.59 Å². The summed E-state index contributed by atoms with van der Waals surface area (Å²) in [5.41, 5.74) is 2.64. The zero-order valence-electron chi connectivity index (χ0n) is 14.9. The molecule has 1 aliphatic rings. The summed E-state index contributed by atoms with van der Waals surface area (Å²) >= 11 is 1.45. The summed E-state index contributed by atoms with van der Waals surface area (Å²) in [5.74, 6) is -0.687. The van der Waals surface area contributed by atoms with Crippen LogP contribution in [0.5, 0.6) is 0 Å². The minimum atomic E-state index is -0.377. The standard InChI is InChI=1S/C17H22N4O3S/c1-5-24-17(23)13-11-6-7-20(3)9-12(11)25-16(13)18-15(22)14-10(2)8-21(4)19-14/h8H,5-7,9H2,1-4H3,(H,18,22). The van der Waals surface area contributed by atoms with Crippen molar-refractivity contribution in [1.29, 1.82) is 0 Å².